The van der Waals surface area contributed by atoms with Crippen molar-refractivity contribution < 1.29 is 4.74 Å². The highest BCUT2D eigenvalue weighted by Gasteiger charge is 2.10. The molecule has 4 rings (SSSR count). The van der Waals surface area contributed by atoms with Gasteiger partial charge in [-0.2, -0.15) is 0 Å². The first-order chi connectivity index (χ1) is 11.9. The number of morpholine rings is 1. The third kappa shape index (κ3) is 3.59. The zero-order valence-corrected chi connectivity index (χ0v) is 14.4. The number of hydrogen-bond acceptors (Lipinski definition) is 5. The molecule has 0 saturated carbocycles. The summed E-state index contributed by atoms with van der Waals surface area (Å²) >= 11 is 1.67. The smallest absolute Gasteiger partial charge is 0.183 e. The minimum absolute atomic E-state index is 0.851. The van der Waals surface area contributed by atoms with Gasteiger partial charge in [0.15, 0.2) is 5.13 Å². The molecule has 0 radical (unpaired) electrons. The summed E-state index contributed by atoms with van der Waals surface area (Å²) in [6.07, 6.45) is 0. The van der Waals surface area contributed by atoms with Gasteiger partial charge in [-0.05, 0) is 16.8 Å². The number of rotatable bonds is 5. The van der Waals surface area contributed by atoms with E-state index in [2.05, 4.69) is 58.1 Å². The Morgan fingerprint density at radius 3 is 2.79 bits per heavy atom. The van der Waals surface area contributed by atoms with Gasteiger partial charge in [0.2, 0.25) is 0 Å². The van der Waals surface area contributed by atoms with E-state index in [1.807, 2.05) is 0 Å². The molecule has 1 saturated heterocycles. The lowest BCUT2D eigenvalue weighted by atomic mass is 10.1. The van der Waals surface area contributed by atoms with Gasteiger partial charge in [0.1, 0.15) is 0 Å². The molecule has 1 aliphatic rings. The van der Waals surface area contributed by atoms with Crippen LogP contribution in [0.1, 0.15) is 0 Å². The van der Waals surface area contributed by atoms with Crippen LogP contribution in [0.5, 0.6) is 0 Å². The molecular formula is C19H21N3OS. The van der Waals surface area contributed by atoms with Crippen molar-refractivity contribution >= 4 is 27.2 Å². The molecular weight excluding hydrogens is 318 g/mol. The number of fused-ring (bicyclic) bond motifs is 1. The zero-order chi connectivity index (χ0) is 16.2. The van der Waals surface area contributed by atoms with Crippen LogP contribution in [0, 0.1) is 0 Å². The Bertz CT molecular complexity index is 811. The third-order valence-electron chi connectivity index (χ3n) is 4.36. The maximum absolute atomic E-state index is 5.37. The van der Waals surface area contributed by atoms with E-state index in [1.54, 1.807) is 11.3 Å². The molecule has 1 aromatic heterocycles. The van der Waals surface area contributed by atoms with Crippen LogP contribution in [-0.4, -0.2) is 49.3 Å². The third-order valence-corrected chi connectivity index (χ3v) is 5.16. The van der Waals surface area contributed by atoms with Crippen LogP contribution < -0.4 is 5.32 Å². The standard InChI is InChI=1S/C19H21N3OS/c1-2-4-16-13-17(6-5-15(16)3-1)18-14-24-19(21-18)20-7-8-22-9-11-23-12-10-22/h1-6,13-14H,7-12H2,(H,20,21). The predicted molar refractivity (Wildman–Crippen MR) is 101 cm³/mol. The number of hydrogen-bond donors (Lipinski definition) is 1. The average molecular weight is 339 g/mol. The first kappa shape index (κ1) is 15.6. The maximum atomic E-state index is 5.37. The highest BCUT2D eigenvalue weighted by Crippen LogP contribution is 2.27. The Labute approximate surface area is 146 Å². The Balaban J connectivity index is 1.40. The number of nitrogens with zero attached hydrogens (tertiary/aromatic N) is 2. The van der Waals surface area contributed by atoms with Crippen LogP contribution in [0.4, 0.5) is 5.13 Å². The topological polar surface area (TPSA) is 37.4 Å². The van der Waals surface area contributed by atoms with Crippen molar-refractivity contribution in [3.05, 3.63) is 47.8 Å². The lowest BCUT2D eigenvalue weighted by Gasteiger charge is -2.26. The van der Waals surface area contributed by atoms with Gasteiger partial charge in [0.25, 0.3) is 0 Å². The Morgan fingerprint density at radius 2 is 1.92 bits per heavy atom. The number of aromatic nitrogens is 1. The molecule has 0 bridgehead atoms. The summed E-state index contributed by atoms with van der Waals surface area (Å²) in [4.78, 5) is 7.16. The molecule has 3 aromatic rings. The highest BCUT2D eigenvalue weighted by molar-refractivity contribution is 7.14. The number of anilines is 1. The second-order valence-corrected chi connectivity index (χ2v) is 6.84. The Morgan fingerprint density at radius 1 is 1.08 bits per heavy atom. The van der Waals surface area contributed by atoms with Gasteiger partial charge in [-0.3, -0.25) is 4.90 Å². The van der Waals surface area contributed by atoms with E-state index < -0.39 is 0 Å². The number of thiazole rings is 1. The molecule has 5 heteroatoms. The minimum Gasteiger partial charge on any atom is -0.379 e. The first-order valence-corrected chi connectivity index (χ1v) is 9.25. The maximum Gasteiger partial charge on any atom is 0.183 e. The predicted octanol–water partition coefficient (Wildman–Crippen LogP) is 3.71. The van der Waals surface area contributed by atoms with Gasteiger partial charge in [0.05, 0.1) is 18.9 Å². The second-order valence-electron chi connectivity index (χ2n) is 5.98. The van der Waals surface area contributed by atoms with Gasteiger partial charge < -0.3 is 10.1 Å². The summed E-state index contributed by atoms with van der Waals surface area (Å²) < 4.78 is 5.37. The molecule has 0 spiro atoms. The SMILES string of the molecule is c1ccc2cc(-c3csc(NCCN4CCOCC4)n3)ccc2c1. The van der Waals surface area contributed by atoms with Gasteiger partial charge in [0, 0.05) is 37.1 Å². The van der Waals surface area contributed by atoms with Crippen LogP contribution >= 0.6 is 11.3 Å². The largest absolute Gasteiger partial charge is 0.379 e. The van der Waals surface area contributed by atoms with E-state index >= 15 is 0 Å². The molecule has 124 valence electrons. The van der Waals surface area contributed by atoms with Crippen molar-refractivity contribution in [2.45, 2.75) is 0 Å². The Hall–Kier alpha value is -1.95. The molecule has 2 heterocycles. The molecule has 4 nitrogen and oxygen atoms in total. The number of ether oxygens (including phenoxy) is 1. The molecule has 1 aliphatic heterocycles. The molecule has 1 N–H and O–H groups in total. The quantitative estimate of drug-likeness (QED) is 0.769. The normalized spacial score (nSPS) is 15.7. The summed E-state index contributed by atoms with van der Waals surface area (Å²) in [6, 6.07) is 14.9. The monoisotopic (exact) mass is 339 g/mol. The van der Waals surface area contributed by atoms with Crippen molar-refractivity contribution in [2.24, 2.45) is 0 Å². The van der Waals surface area contributed by atoms with Gasteiger partial charge in [-0.15, -0.1) is 11.3 Å². The second kappa shape index (κ2) is 7.30. The summed E-state index contributed by atoms with van der Waals surface area (Å²) in [5.41, 5.74) is 2.21. The lowest BCUT2D eigenvalue weighted by molar-refractivity contribution is 0.0398. The summed E-state index contributed by atoms with van der Waals surface area (Å²) in [5.74, 6) is 0. The lowest BCUT2D eigenvalue weighted by Crippen LogP contribution is -2.38. The fraction of sp³-hybridized carbons (Fsp3) is 0.316. The fourth-order valence-corrected chi connectivity index (χ4v) is 3.73. The van der Waals surface area contributed by atoms with Gasteiger partial charge in [-0.25, -0.2) is 4.98 Å². The fourth-order valence-electron chi connectivity index (χ4n) is 2.98. The van der Waals surface area contributed by atoms with Crippen molar-refractivity contribution in [2.75, 3.05) is 44.7 Å². The van der Waals surface area contributed by atoms with Crippen molar-refractivity contribution in [1.82, 2.24) is 9.88 Å². The summed E-state index contributed by atoms with van der Waals surface area (Å²) in [7, 11) is 0. The van der Waals surface area contributed by atoms with E-state index in [-0.39, 0.29) is 0 Å². The van der Waals surface area contributed by atoms with Crippen LogP contribution in [0.25, 0.3) is 22.0 Å². The summed E-state index contributed by atoms with van der Waals surface area (Å²) in [5, 5.41) is 9.08. The van der Waals surface area contributed by atoms with Crippen LogP contribution in [0.3, 0.4) is 0 Å². The highest BCUT2D eigenvalue weighted by atomic mass is 32.1. The van der Waals surface area contributed by atoms with E-state index in [9.17, 15) is 0 Å². The minimum atomic E-state index is 0.851. The number of benzene rings is 2. The van der Waals surface area contributed by atoms with E-state index in [0.29, 0.717) is 0 Å². The molecule has 1 fully saturated rings. The van der Waals surface area contributed by atoms with Crippen molar-refractivity contribution in [3.63, 3.8) is 0 Å². The van der Waals surface area contributed by atoms with Gasteiger partial charge in [-0.1, -0.05) is 36.4 Å². The zero-order valence-electron chi connectivity index (χ0n) is 13.6. The molecule has 0 atom stereocenters. The van der Waals surface area contributed by atoms with E-state index in [4.69, 9.17) is 9.72 Å². The van der Waals surface area contributed by atoms with Crippen LogP contribution in [0.2, 0.25) is 0 Å². The Kier molecular flexibility index (Phi) is 4.74. The van der Waals surface area contributed by atoms with Gasteiger partial charge >= 0.3 is 0 Å². The molecule has 0 amide bonds. The van der Waals surface area contributed by atoms with E-state index in [1.165, 1.54) is 16.3 Å². The van der Waals surface area contributed by atoms with Crippen molar-refractivity contribution in [1.29, 1.82) is 0 Å². The molecule has 2 aromatic carbocycles. The molecule has 24 heavy (non-hydrogen) atoms. The van der Waals surface area contributed by atoms with Crippen molar-refractivity contribution in [3.8, 4) is 11.3 Å². The van der Waals surface area contributed by atoms with Crippen LogP contribution in [-0.2, 0) is 4.74 Å². The summed E-state index contributed by atoms with van der Waals surface area (Å²) in [6.45, 7) is 5.72. The van der Waals surface area contributed by atoms with Crippen LogP contribution in [0.15, 0.2) is 47.8 Å². The average Bonchev–Trinajstić information content (AvgIpc) is 3.11. The molecule has 0 unspecified atom stereocenters. The first-order valence-electron chi connectivity index (χ1n) is 8.37. The molecule has 0 aliphatic carbocycles. The number of nitrogens with one attached hydrogen (secondary N) is 1. The van der Waals surface area contributed by atoms with E-state index in [0.717, 1.165) is 50.2 Å².